The number of rotatable bonds is 0. The molecule has 2 heteroatoms. The molecule has 0 amide bonds. The standard InChI is InChI=1S/C5H10.Al.H2O/c1-3-5-4-2;;/h1-5H2;;1H2. The summed E-state index contributed by atoms with van der Waals surface area (Å²) in [6.45, 7) is 0. The van der Waals surface area contributed by atoms with Crippen LogP contribution in [0.15, 0.2) is 0 Å². The maximum Gasteiger partial charge on any atom is 0.199 e. The lowest BCUT2D eigenvalue weighted by Crippen LogP contribution is -1.94. The molecule has 0 saturated carbocycles. The van der Waals surface area contributed by atoms with Gasteiger partial charge in [0.2, 0.25) is 0 Å². The molecule has 0 aromatic carbocycles. The van der Waals surface area contributed by atoms with Gasteiger partial charge in [-0.3, -0.25) is 0 Å². The Balaban J connectivity index is 0.000000360. The van der Waals surface area contributed by atoms with Crippen LogP contribution in [0.4, 0.5) is 0 Å². The Hall–Kier alpha value is 0.492. The van der Waals surface area contributed by atoms with Gasteiger partial charge in [0.25, 0.3) is 0 Å². The Morgan fingerprint density at radius 3 is 1.57 bits per heavy atom. The van der Waals surface area contributed by atoms with Crippen molar-refractivity contribution in [1.29, 1.82) is 0 Å². The summed E-state index contributed by atoms with van der Waals surface area (Å²) < 4.78 is 0. The Kier molecular flexibility index (Phi) is 4.97. The average Bonchev–Trinajstić information content (AvgIpc) is 1.72. The third kappa shape index (κ3) is 3.11. The second kappa shape index (κ2) is 4.65. The van der Waals surface area contributed by atoms with Gasteiger partial charge in [0.1, 0.15) is 0 Å². The molecular formula is C5H12AlO. The van der Waals surface area contributed by atoms with Crippen LogP contribution in [0.5, 0.6) is 0 Å². The van der Waals surface area contributed by atoms with Crippen molar-refractivity contribution in [1.82, 2.24) is 0 Å². The van der Waals surface area contributed by atoms with Crippen LogP contribution >= 0.6 is 0 Å². The Labute approximate surface area is 51.1 Å². The lowest BCUT2D eigenvalue weighted by molar-refractivity contribution is 0.734. The van der Waals surface area contributed by atoms with E-state index in [0.29, 0.717) is 0 Å². The van der Waals surface area contributed by atoms with E-state index < -0.39 is 0 Å². The highest BCUT2D eigenvalue weighted by Gasteiger charge is 1.98. The normalized spacial score (nSPS) is 19.4. The Morgan fingerprint density at radius 1 is 0.857 bits per heavy atom. The number of hydrogen-bond acceptors (Lipinski definition) is 0. The topological polar surface area (TPSA) is 31.5 Å². The molecule has 1 saturated heterocycles. The molecule has 1 fully saturated rings. The minimum absolute atomic E-state index is 0. The molecule has 0 spiro atoms. The maximum atomic E-state index is 1.58. The summed E-state index contributed by atoms with van der Waals surface area (Å²) in [4.78, 5) is 0. The fourth-order valence-electron chi connectivity index (χ4n) is 0.898. The SMILES string of the molecule is C1C[CH2][Al][CH2]C1.O. The third-order valence-electron chi connectivity index (χ3n) is 1.32. The Bertz CT molecular complexity index is 23.6. The van der Waals surface area contributed by atoms with E-state index in [0.717, 1.165) is 15.2 Å². The van der Waals surface area contributed by atoms with E-state index in [-0.39, 0.29) is 5.48 Å². The van der Waals surface area contributed by atoms with E-state index >= 15 is 0 Å². The summed E-state index contributed by atoms with van der Waals surface area (Å²) in [5.41, 5.74) is 0. The van der Waals surface area contributed by atoms with Crippen LogP contribution in [0, 0.1) is 0 Å². The zero-order valence-electron chi connectivity index (χ0n) is 4.61. The first-order valence-electron chi connectivity index (χ1n) is 2.82. The average molecular weight is 115 g/mol. The van der Waals surface area contributed by atoms with Crippen molar-refractivity contribution in [2.24, 2.45) is 0 Å². The summed E-state index contributed by atoms with van der Waals surface area (Å²) in [5, 5.41) is 3.17. The van der Waals surface area contributed by atoms with Crippen molar-refractivity contribution >= 4 is 15.2 Å². The first kappa shape index (κ1) is 7.49. The van der Waals surface area contributed by atoms with E-state index in [2.05, 4.69) is 0 Å². The second-order valence-corrected chi connectivity index (χ2v) is 3.66. The molecule has 0 bridgehead atoms. The zero-order chi connectivity index (χ0) is 4.24. The first-order valence-corrected chi connectivity index (χ1v) is 4.45. The van der Waals surface area contributed by atoms with Gasteiger partial charge in [-0.15, -0.1) is 10.6 Å². The molecule has 1 rings (SSSR count). The minimum atomic E-state index is 0. The molecule has 1 nitrogen and oxygen atoms in total. The summed E-state index contributed by atoms with van der Waals surface area (Å²) in [6, 6.07) is 0. The highest BCUT2D eigenvalue weighted by Crippen LogP contribution is 2.10. The van der Waals surface area contributed by atoms with Crippen LogP contribution in [-0.4, -0.2) is 20.7 Å². The van der Waals surface area contributed by atoms with Crippen molar-refractivity contribution in [2.45, 2.75) is 29.8 Å². The lowest BCUT2D eigenvalue weighted by atomic mass is 10.3. The van der Waals surface area contributed by atoms with Gasteiger partial charge in [0.05, 0.1) is 0 Å². The highest BCUT2D eigenvalue weighted by molar-refractivity contribution is 6.35. The molecule has 0 unspecified atom stereocenters. The van der Waals surface area contributed by atoms with Gasteiger partial charge >= 0.3 is 0 Å². The molecule has 1 aliphatic heterocycles. The smallest absolute Gasteiger partial charge is 0.199 e. The van der Waals surface area contributed by atoms with Crippen LogP contribution in [0.3, 0.4) is 0 Å². The summed E-state index contributed by atoms with van der Waals surface area (Å²) >= 11 is 0.905. The molecule has 41 valence electrons. The van der Waals surface area contributed by atoms with Crippen LogP contribution in [0.1, 0.15) is 19.3 Å². The van der Waals surface area contributed by atoms with E-state index in [9.17, 15) is 0 Å². The summed E-state index contributed by atoms with van der Waals surface area (Å²) in [7, 11) is 0. The third-order valence-corrected chi connectivity index (χ3v) is 2.95. The highest BCUT2D eigenvalue weighted by atomic mass is 27.1. The lowest BCUT2D eigenvalue weighted by Gasteiger charge is -2.04. The van der Waals surface area contributed by atoms with E-state index in [4.69, 9.17) is 0 Å². The van der Waals surface area contributed by atoms with E-state index in [1.54, 1.807) is 10.6 Å². The molecule has 0 aromatic heterocycles. The molecule has 2 N–H and O–H groups in total. The molecule has 1 aliphatic rings. The summed E-state index contributed by atoms with van der Waals surface area (Å²) in [5.74, 6) is 0. The predicted molar refractivity (Wildman–Crippen MR) is 32.8 cm³/mol. The van der Waals surface area contributed by atoms with Crippen molar-refractivity contribution in [3.63, 3.8) is 0 Å². The quantitative estimate of drug-likeness (QED) is 0.420. The van der Waals surface area contributed by atoms with Crippen LogP contribution < -0.4 is 0 Å². The van der Waals surface area contributed by atoms with Crippen LogP contribution in [0.2, 0.25) is 10.6 Å². The fraction of sp³-hybridized carbons (Fsp3) is 1.00. The first-order chi connectivity index (χ1) is 3.00. The molecule has 0 aliphatic carbocycles. The van der Waals surface area contributed by atoms with Gasteiger partial charge in [-0.25, -0.2) is 0 Å². The van der Waals surface area contributed by atoms with Crippen LogP contribution in [0.25, 0.3) is 0 Å². The molecule has 0 aromatic rings. The largest absolute Gasteiger partial charge is 0.412 e. The molecular weight excluding hydrogens is 103 g/mol. The predicted octanol–water partition coefficient (Wildman–Crippen LogP) is 0.886. The monoisotopic (exact) mass is 115 g/mol. The van der Waals surface area contributed by atoms with Crippen LogP contribution in [-0.2, 0) is 0 Å². The second-order valence-electron chi connectivity index (χ2n) is 1.93. The van der Waals surface area contributed by atoms with Gasteiger partial charge < -0.3 is 5.48 Å². The van der Waals surface area contributed by atoms with Gasteiger partial charge in [-0.2, -0.15) is 0 Å². The zero-order valence-corrected chi connectivity index (χ0v) is 5.77. The van der Waals surface area contributed by atoms with Gasteiger partial charge in [-0.05, 0) is 0 Å². The van der Waals surface area contributed by atoms with Crippen molar-refractivity contribution in [3.8, 4) is 0 Å². The van der Waals surface area contributed by atoms with Gasteiger partial charge in [-0.1, -0.05) is 19.3 Å². The van der Waals surface area contributed by atoms with E-state index in [1.165, 1.54) is 19.3 Å². The maximum absolute atomic E-state index is 1.58. The Morgan fingerprint density at radius 2 is 1.43 bits per heavy atom. The minimum Gasteiger partial charge on any atom is -0.412 e. The fourth-order valence-corrected chi connectivity index (χ4v) is 2.34. The molecule has 0 atom stereocenters. The molecule has 1 radical (unpaired) electrons. The van der Waals surface area contributed by atoms with E-state index in [1.807, 2.05) is 0 Å². The van der Waals surface area contributed by atoms with Gasteiger partial charge in [0.15, 0.2) is 15.2 Å². The van der Waals surface area contributed by atoms with Crippen molar-refractivity contribution in [2.75, 3.05) is 0 Å². The van der Waals surface area contributed by atoms with Gasteiger partial charge in [0, 0.05) is 0 Å². The van der Waals surface area contributed by atoms with Crippen molar-refractivity contribution < 1.29 is 5.48 Å². The van der Waals surface area contributed by atoms with Crippen molar-refractivity contribution in [3.05, 3.63) is 0 Å². The summed E-state index contributed by atoms with van der Waals surface area (Å²) in [6.07, 6.45) is 4.59. The number of hydrogen-bond donors (Lipinski definition) is 0. The molecule has 1 heterocycles. The molecule has 7 heavy (non-hydrogen) atoms.